The summed E-state index contributed by atoms with van der Waals surface area (Å²) in [6.45, 7) is 17.8. The lowest BCUT2D eigenvalue weighted by atomic mass is 9.68. The molecule has 4 heterocycles. The van der Waals surface area contributed by atoms with E-state index in [1.807, 2.05) is 51.2 Å². The molecule has 0 aromatic carbocycles. The van der Waals surface area contributed by atoms with E-state index in [4.69, 9.17) is 28.4 Å². The first kappa shape index (κ1) is 56.8. The summed E-state index contributed by atoms with van der Waals surface area (Å²) in [5.74, 6) is -8.15. The standard InChI is InChI=1S/C54H85NO13Si/c1-32-17-14-13-15-18-33(2)44(63-7)29-39-22-20-37(6)54(62,68-39)51(59)52(60)55-24-16-19-40-41(27-38-21-23-43(46(28-38)64-8)66-31-69(10,11)12)45(67-53(61)47(40)55)30-42(56)34(3)26-36(5)49(58)50(65-9)48(57)35(4)25-32/h13-15,17-18,26,32,34-35,37-41,43-47,49-50,58,62H,16,19-25,27-31H2,1-12H3/b15-13+,17-14+,33-18?,36-26+/t32-,34-,35-,37-,38+,39+,40?,41+,43-,44+,45+,46-,47+,49-,50+,54-/m1/s1. The molecule has 1 unspecified atom stereocenters. The molecular weight excluding hydrogens is 899 g/mol. The normalized spacial score (nSPS) is 40.4. The number of hydrogen-bond acceptors (Lipinski definition) is 13. The van der Waals surface area contributed by atoms with E-state index in [0.717, 1.165) is 24.6 Å². The number of piperidine rings is 1. The van der Waals surface area contributed by atoms with Crippen LogP contribution < -0.4 is 0 Å². The fraction of sp³-hybridized carbons (Fsp3) is 0.759. The van der Waals surface area contributed by atoms with Crippen LogP contribution in [0.1, 0.15) is 112 Å². The van der Waals surface area contributed by atoms with Crippen LogP contribution in [-0.4, -0.2) is 141 Å². The van der Waals surface area contributed by atoms with Gasteiger partial charge in [-0.3, -0.25) is 19.2 Å². The van der Waals surface area contributed by atoms with Gasteiger partial charge >= 0.3 is 5.97 Å². The van der Waals surface area contributed by atoms with Crippen LogP contribution in [-0.2, 0) is 52.4 Å². The molecular formula is C54H85NO13Si. The number of aliphatic hydroxyl groups excluding tert-OH is 1. The van der Waals surface area contributed by atoms with Crippen molar-refractivity contribution in [1.82, 2.24) is 4.90 Å². The van der Waals surface area contributed by atoms with Gasteiger partial charge in [-0.05, 0) is 101 Å². The summed E-state index contributed by atoms with van der Waals surface area (Å²) in [4.78, 5) is 72.8. The molecule has 4 aliphatic heterocycles. The van der Waals surface area contributed by atoms with Gasteiger partial charge in [0.15, 0.2) is 5.78 Å². The second kappa shape index (κ2) is 25.0. The van der Waals surface area contributed by atoms with Crippen LogP contribution in [0.4, 0.5) is 0 Å². The highest BCUT2D eigenvalue weighted by atomic mass is 28.3. The summed E-state index contributed by atoms with van der Waals surface area (Å²) in [5, 5.41) is 23.6. The molecule has 388 valence electrons. The third-order valence-corrected chi connectivity index (χ3v) is 16.7. The quantitative estimate of drug-likeness (QED) is 0.107. The number of fused-ring (bicyclic) bond motifs is 3. The van der Waals surface area contributed by atoms with Crippen LogP contribution in [0.15, 0.2) is 47.6 Å². The van der Waals surface area contributed by atoms with Crippen LogP contribution in [0, 0.1) is 41.4 Å². The highest BCUT2D eigenvalue weighted by Crippen LogP contribution is 2.45. The van der Waals surface area contributed by atoms with Crippen molar-refractivity contribution >= 4 is 37.3 Å². The van der Waals surface area contributed by atoms with Gasteiger partial charge in [0.25, 0.3) is 11.7 Å². The second-order valence-corrected chi connectivity index (χ2v) is 27.8. The summed E-state index contributed by atoms with van der Waals surface area (Å²) in [6, 6.07) is -1.10. The van der Waals surface area contributed by atoms with Gasteiger partial charge in [0.1, 0.15) is 30.1 Å². The van der Waals surface area contributed by atoms with E-state index in [9.17, 15) is 34.2 Å². The van der Waals surface area contributed by atoms with Gasteiger partial charge in [-0.2, -0.15) is 0 Å². The molecule has 15 heteroatoms. The Kier molecular flexibility index (Phi) is 20.6. The van der Waals surface area contributed by atoms with Crippen LogP contribution in [0.3, 0.4) is 0 Å². The van der Waals surface area contributed by atoms with Crippen molar-refractivity contribution in [3.63, 3.8) is 0 Å². The minimum atomic E-state index is -2.43. The van der Waals surface area contributed by atoms with E-state index in [2.05, 4.69) is 19.6 Å². The Labute approximate surface area is 413 Å². The molecule has 0 aromatic heterocycles. The lowest BCUT2D eigenvalue weighted by Gasteiger charge is -2.50. The maximum atomic E-state index is 14.6. The number of aliphatic hydroxyl groups is 2. The molecule has 5 aliphatic rings. The molecule has 0 spiro atoms. The van der Waals surface area contributed by atoms with Gasteiger partial charge in [0, 0.05) is 70.6 Å². The molecule has 1 saturated carbocycles. The minimum Gasteiger partial charge on any atom is -0.460 e. The second-order valence-electron chi connectivity index (χ2n) is 22.4. The number of ketones is 3. The highest BCUT2D eigenvalue weighted by Gasteiger charge is 2.57. The number of methoxy groups -OCH3 is 3. The zero-order valence-electron chi connectivity index (χ0n) is 43.6. The molecule has 1 amide bonds. The Hall–Kier alpha value is -3.15. The summed E-state index contributed by atoms with van der Waals surface area (Å²) in [5.41, 5.74) is 1.30. The van der Waals surface area contributed by atoms with Gasteiger partial charge in [-0.1, -0.05) is 83.8 Å². The van der Waals surface area contributed by atoms with Crippen molar-refractivity contribution < 1.29 is 62.6 Å². The Morgan fingerprint density at radius 2 is 1.57 bits per heavy atom. The maximum absolute atomic E-state index is 14.6. The molecule has 0 aromatic rings. The number of esters is 1. The Morgan fingerprint density at radius 3 is 2.23 bits per heavy atom. The van der Waals surface area contributed by atoms with Crippen molar-refractivity contribution in [2.24, 2.45) is 41.4 Å². The number of nitrogens with zero attached hydrogens (tertiary/aromatic N) is 1. The molecule has 6 bridgehead atoms. The Bertz CT molecular complexity index is 1920. The van der Waals surface area contributed by atoms with Crippen molar-refractivity contribution in [2.45, 2.75) is 186 Å². The fourth-order valence-corrected chi connectivity index (χ4v) is 12.2. The molecule has 1 aliphatic carbocycles. The summed E-state index contributed by atoms with van der Waals surface area (Å²) in [7, 11) is 3.20. The van der Waals surface area contributed by atoms with Crippen molar-refractivity contribution in [3.05, 3.63) is 47.6 Å². The molecule has 16 atom stereocenters. The largest absolute Gasteiger partial charge is 0.460 e. The molecule has 3 saturated heterocycles. The van der Waals surface area contributed by atoms with Crippen LogP contribution in [0.2, 0.25) is 19.6 Å². The zero-order valence-corrected chi connectivity index (χ0v) is 44.6. The van der Waals surface area contributed by atoms with Gasteiger partial charge in [-0.25, -0.2) is 4.79 Å². The van der Waals surface area contributed by atoms with Gasteiger partial charge < -0.3 is 43.5 Å². The fourth-order valence-electron chi connectivity index (χ4n) is 11.5. The maximum Gasteiger partial charge on any atom is 0.329 e. The Balaban J connectivity index is 1.50. The molecule has 2 N–H and O–H groups in total. The number of Topliss-reactive ketones (excluding diaryl/α,β-unsaturated/α-hetero) is 3. The van der Waals surface area contributed by atoms with E-state index in [1.165, 1.54) is 12.0 Å². The first-order valence-corrected chi connectivity index (χ1v) is 29.3. The third kappa shape index (κ3) is 14.3. The average Bonchev–Trinajstić information content (AvgIpc) is 3.30. The van der Waals surface area contributed by atoms with Crippen molar-refractivity contribution in [3.8, 4) is 0 Å². The number of carbonyl (C=O) groups excluding carboxylic acids is 5. The van der Waals surface area contributed by atoms with Gasteiger partial charge in [0.2, 0.25) is 5.79 Å². The van der Waals surface area contributed by atoms with Gasteiger partial charge in [0.05, 0.1) is 32.5 Å². The first-order valence-electron chi connectivity index (χ1n) is 25.6. The summed E-state index contributed by atoms with van der Waals surface area (Å²) in [6.07, 6.45) is 13.2. The first-order chi connectivity index (χ1) is 32.5. The summed E-state index contributed by atoms with van der Waals surface area (Å²) >= 11 is 0. The Morgan fingerprint density at radius 1 is 0.841 bits per heavy atom. The van der Waals surface area contributed by atoms with Crippen LogP contribution >= 0.6 is 0 Å². The number of carbonyl (C=O) groups is 5. The minimum absolute atomic E-state index is 0.0269. The number of rotatable bonds is 8. The van der Waals surface area contributed by atoms with Crippen molar-refractivity contribution in [2.75, 3.05) is 34.1 Å². The van der Waals surface area contributed by atoms with Crippen LogP contribution in [0.25, 0.3) is 0 Å². The lowest BCUT2D eigenvalue weighted by Crippen LogP contribution is -2.65. The number of hydrogen-bond donors (Lipinski definition) is 2. The predicted molar refractivity (Wildman–Crippen MR) is 265 cm³/mol. The third-order valence-electron chi connectivity index (χ3n) is 15.6. The molecule has 69 heavy (non-hydrogen) atoms. The molecule has 5 rings (SSSR count). The monoisotopic (exact) mass is 984 g/mol. The van der Waals surface area contributed by atoms with Crippen LogP contribution in [0.5, 0.6) is 0 Å². The van der Waals surface area contributed by atoms with Gasteiger partial charge in [-0.15, -0.1) is 0 Å². The number of allylic oxidation sites excluding steroid dienone is 6. The van der Waals surface area contributed by atoms with Crippen molar-refractivity contribution in [1.29, 1.82) is 0 Å². The topological polar surface area (TPSA) is 184 Å². The molecule has 14 nitrogen and oxygen atoms in total. The van der Waals surface area contributed by atoms with E-state index in [0.29, 0.717) is 56.9 Å². The predicted octanol–water partition coefficient (Wildman–Crippen LogP) is 7.30. The van der Waals surface area contributed by atoms with E-state index >= 15 is 0 Å². The SMILES string of the molecule is CO[C@H]1C[C@@H]2CC[C@@H](C)[C@@](O)(O2)C(=O)C(=O)N2CCCC3[C@H]2C(=O)O[C@@H](CC(=O)[C@H](C)/C=C(\C)[C@@H](O)[C@@H](OC)C(=O)[C@H](C)C[C@H](C)/C=C/C=C/C=C1C)[C@H]3C[C@@H]1CC[C@@H](OC[Si](C)(C)C)[C@H](OC)C1. The van der Waals surface area contributed by atoms with E-state index < -0.39 is 91.8 Å². The molecule has 4 fully saturated rings. The number of amides is 1. The average molecular weight is 984 g/mol. The lowest BCUT2D eigenvalue weighted by molar-refractivity contribution is -0.266. The zero-order chi connectivity index (χ0) is 51.0. The smallest absolute Gasteiger partial charge is 0.329 e. The molecule has 0 radical (unpaired) electrons. The highest BCUT2D eigenvalue weighted by molar-refractivity contribution is 6.76. The van der Waals surface area contributed by atoms with E-state index in [1.54, 1.807) is 41.1 Å². The van der Waals surface area contributed by atoms with E-state index in [-0.39, 0.29) is 54.5 Å². The number of ether oxygens (including phenoxy) is 6. The summed E-state index contributed by atoms with van der Waals surface area (Å²) < 4.78 is 36.5.